The summed E-state index contributed by atoms with van der Waals surface area (Å²) in [6.07, 6.45) is 2.98. The molecule has 1 aromatic heterocycles. The summed E-state index contributed by atoms with van der Waals surface area (Å²) in [7, 11) is 1.68. The van der Waals surface area contributed by atoms with Crippen molar-refractivity contribution in [3.05, 3.63) is 28.7 Å². The number of aryl methyl sites for hydroxylation is 1. The van der Waals surface area contributed by atoms with Crippen LogP contribution in [0.25, 0.3) is 11.1 Å². The molecule has 3 rings (SSSR count). The predicted molar refractivity (Wildman–Crippen MR) is 78.5 cm³/mol. The number of hydrogen-bond donors (Lipinski definition) is 2. The van der Waals surface area contributed by atoms with Gasteiger partial charge in [0.15, 0.2) is 5.58 Å². The minimum atomic E-state index is -0.704. The van der Waals surface area contributed by atoms with Gasteiger partial charge in [0.2, 0.25) is 0 Å². The van der Waals surface area contributed by atoms with Crippen molar-refractivity contribution in [3.63, 3.8) is 0 Å². The Morgan fingerprint density at radius 1 is 1.33 bits per heavy atom. The molecular formula is C15H18N2O4. The molecule has 0 bridgehead atoms. The summed E-state index contributed by atoms with van der Waals surface area (Å²) < 4.78 is 6.76. The van der Waals surface area contributed by atoms with Crippen molar-refractivity contribution in [1.82, 2.24) is 4.57 Å². The van der Waals surface area contributed by atoms with E-state index in [0.29, 0.717) is 18.4 Å². The van der Waals surface area contributed by atoms with Gasteiger partial charge < -0.3 is 14.8 Å². The third-order valence-corrected chi connectivity index (χ3v) is 4.25. The number of aromatic nitrogens is 1. The first kappa shape index (κ1) is 13.7. The van der Waals surface area contributed by atoms with Crippen molar-refractivity contribution in [3.8, 4) is 0 Å². The van der Waals surface area contributed by atoms with Gasteiger partial charge in [0, 0.05) is 13.1 Å². The number of aliphatic carboxylic acids is 1. The molecule has 6 heteroatoms. The van der Waals surface area contributed by atoms with Gasteiger partial charge in [-0.1, -0.05) is 6.07 Å². The highest BCUT2D eigenvalue weighted by Crippen LogP contribution is 2.29. The summed E-state index contributed by atoms with van der Waals surface area (Å²) in [5, 5.41) is 12.4. The average molecular weight is 290 g/mol. The quantitative estimate of drug-likeness (QED) is 0.905. The number of carbonyl (C=O) groups is 1. The van der Waals surface area contributed by atoms with E-state index in [-0.39, 0.29) is 17.7 Å². The number of nitrogens with zero attached hydrogens (tertiary/aromatic N) is 1. The van der Waals surface area contributed by atoms with Gasteiger partial charge in [-0.3, -0.25) is 9.36 Å². The van der Waals surface area contributed by atoms with Crippen LogP contribution in [0.4, 0.5) is 5.69 Å². The monoisotopic (exact) mass is 290 g/mol. The second kappa shape index (κ2) is 5.27. The second-order valence-electron chi connectivity index (χ2n) is 5.61. The Morgan fingerprint density at radius 3 is 2.71 bits per heavy atom. The van der Waals surface area contributed by atoms with E-state index >= 15 is 0 Å². The van der Waals surface area contributed by atoms with Gasteiger partial charge in [0.1, 0.15) is 0 Å². The molecule has 0 radical (unpaired) electrons. The van der Waals surface area contributed by atoms with Gasteiger partial charge in [0.25, 0.3) is 0 Å². The van der Waals surface area contributed by atoms with Crippen LogP contribution in [-0.4, -0.2) is 21.7 Å². The molecule has 0 spiro atoms. The summed E-state index contributed by atoms with van der Waals surface area (Å²) in [6, 6.07) is 5.82. The lowest BCUT2D eigenvalue weighted by atomic mass is 9.86. The number of fused-ring (bicyclic) bond motifs is 1. The molecule has 112 valence electrons. The lowest BCUT2D eigenvalue weighted by molar-refractivity contribution is -0.142. The molecule has 1 aliphatic carbocycles. The van der Waals surface area contributed by atoms with Gasteiger partial charge in [-0.25, -0.2) is 4.79 Å². The van der Waals surface area contributed by atoms with Gasteiger partial charge in [-0.15, -0.1) is 0 Å². The maximum atomic E-state index is 11.6. The Balaban J connectivity index is 1.79. The SMILES string of the molecule is Cn1c(=O)oc2c(NC3CCC(C(=O)O)CC3)cccc21. The van der Waals surface area contributed by atoms with Crippen LogP contribution >= 0.6 is 0 Å². The Kier molecular flexibility index (Phi) is 3.45. The van der Waals surface area contributed by atoms with E-state index in [1.807, 2.05) is 18.2 Å². The molecule has 2 N–H and O–H groups in total. The molecule has 0 saturated heterocycles. The molecule has 21 heavy (non-hydrogen) atoms. The van der Waals surface area contributed by atoms with Gasteiger partial charge >= 0.3 is 11.7 Å². The molecule has 0 unspecified atom stereocenters. The lowest BCUT2D eigenvalue weighted by Gasteiger charge is -2.27. The van der Waals surface area contributed by atoms with Crippen LogP contribution in [0.2, 0.25) is 0 Å². The summed E-state index contributed by atoms with van der Waals surface area (Å²) >= 11 is 0. The highest BCUT2D eigenvalue weighted by Gasteiger charge is 2.26. The first-order chi connectivity index (χ1) is 10.1. The summed E-state index contributed by atoms with van der Waals surface area (Å²) in [6.45, 7) is 0. The van der Waals surface area contributed by atoms with Crippen LogP contribution in [0.15, 0.2) is 27.4 Å². The van der Waals surface area contributed by atoms with E-state index in [2.05, 4.69) is 5.32 Å². The molecule has 1 aromatic carbocycles. The first-order valence-electron chi connectivity index (χ1n) is 7.14. The largest absolute Gasteiger partial charge is 0.481 e. The second-order valence-corrected chi connectivity index (χ2v) is 5.61. The number of carboxylic acids is 1. The third-order valence-electron chi connectivity index (χ3n) is 4.25. The molecule has 1 heterocycles. The van der Waals surface area contributed by atoms with Crippen LogP contribution in [0.3, 0.4) is 0 Å². The van der Waals surface area contributed by atoms with Crippen LogP contribution < -0.4 is 11.1 Å². The molecule has 2 aromatic rings. The smallest absolute Gasteiger partial charge is 0.419 e. The van der Waals surface area contributed by atoms with E-state index < -0.39 is 5.97 Å². The number of hydrogen-bond acceptors (Lipinski definition) is 4. The molecule has 1 fully saturated rings. The van der Waals surface area contributed by atoms with Crippen molar-refractivity contribution >= 4 is 22.8 Å². The molecule has 1 aliphatic rings. The predicted octanol–water partition coefficient (Wildman–Crippen LogP) is 2.19. The molecule has 0 aliphatic heterocycles. The van der Waals surface area contributed by atoms with Crippen molar-refractivity contribution < 1.29 is 14.3 Å². The first-order valence-corrected chi connectivity index (χ1v) is 7.14. The normalized spacial score (nSPS) is 22.3. The number of nitrogens with one attached hydrogen (secondary N) is 1. The minimum absolute atomic E-state index is 0.219. The average Bonchev–Trinajstić information content (AvgIpc) is 2.77. The molecule has 0 amide bonds. The van der Waals surface area contributed by atoms with Gasteiger partial charge in [-0.05, 0) is 37.8 Å². The minimum Gasteiger partial charge on any atom is -0.481 e. The number of para-hydroxylation sites is 1. The van der Waals surface area contributed by atoms with Gasteiger partial charge in [0.05, 0.1) is 17.1 Å². The van der Waals surface area contributed by atoms with Crippen molar-refractivity contribution in [2.75, 3.05) is 5.32 Å². The van der Waals surface area contributed by atoms with E-state index in [0.717, 1.165) is 24.0 Å². The number of oxazole rings is 1. The summed E-state index contributed by atoms with van der Waals surface area (Å²) in [5.74, 6) is -1.31. The molecule has 0 atom stereocenters. The van der Waals surface area contributed by atoms with Crippen molar-refractivity contribution in [2.45, 2.75) is 31.7 Å². The van der Waals surface area contributed by atoms with Gasteiger partial charge in [-0.2, -0.15) is 0 Å². The van der Waals surface area contributed by atoms with E-state index in [4.69, 9.17) is 9.52 Å². The Bertz CT molecular complexity index is 723. The Morgan fingerprint density at radius 2 is 2.05 bits per heavy atom. The highest BCUT2D eigenvalue weighted by atomic mass is 16.4. The van der Waals surface area contributed by atoms with Crippen molar-refractivity contribution in [2.24, 2.45) is 13.0 Å². The van der Waals surface area contributed by atoms with E-state index in [1.165, 1.54) is 4.57 Å². The maximum Gasteiger partial charge on any atom is 0.419 e. The fourth-order valence-electron chi connectivity index (χ4n) is 2.97. The maximum absolute atomic E-state index is 11.6. The van der Waals surface area contributed by atoms with Crippen molar-refractivity contribution in [1.29, 1.82) is 0 Å². The Labute approximate surface area is 121 Å². The van der Waals surface area contributed by atoms with Crippen LogP contribution in [-0.2, 0) is 11.8 Å². The number of benzene rings is 1. The van der Waals surface area contributed by atoms with E-state index in [9.17, 15) is 9.59 Å². The standard InChI is InChI=1S/C15H18N2O4/c1-17-12-4-2-3-11(13(12)21-15(17)20)16-10-7-5-9(6-8-10)14(18)19/h2-4,9-10,16H,5-8H2,1H3,(H,18,19). The third kappa shape index (κ3) is 2.53. The molecule has 6 nitrogen and oxygen atoms in total. The summed E-state index contributed by atoms with van der Waals surface area (Å²) in [4.78, 5) is 22.6. The van der Waals surface area contributed by atoms with Crippen LogP contribution in [0.5, 0.6) is 0 Å². The summed E-state index contributed by atoms with van der Waals surface area (Å²) in [5.41, 5.74) is 2.11. The fourth-order valence-corrected chi connectivity index (χ4v) is 2.97. The molecular weight excluding hydrogens is 272 g/mol. The highest BCUT2D eigenvalue weighted by molar-refractivity contribution is 5.86. The van der Waals surface area contributed by atoms with Crippen LogP contribution in [0.1, 0.15) is 25.7 Å². The van der Waals surface area contributed by atoms with E-state index in [1.54, 1.807) is 7.05 Å². The number of carboxylic acid groups (broad SMARTS) is 1. The fraction of sp³-hybridized carbons (Fsp3) is 0.467. The zero-order valence-electron chi connectivity index (χ0n) is 11.8. The number of anilines is 1. The molecule has 1 saturated carbocycles. The number of rotatable bonds is 3. The lowest BCUT2D eigenvalue weighted by Crippen LogP contribution is -2.29. The zero-order valence-corrected chi connectivity index (χ0v) is 11.8. The topological polar surface area (TPSA) is 84.5 Å². The Hall–Kier alpha value is -2.24. The zero-order chi connectivity index (χ0) is 15.0. The van der Waals surface area contributed by atoms with Crippen LogP contribution in [0, 0.1) is 5.92 Å².